The quantitative estimate of drug-likeness (QED) is 0.603. The highest BCUT2D eigenvalue weighted by Gasteiger charge is 2.12. The third-order valence-corrected chi connectivity index (χ3v) is 3.48. The van der Waals surface area contributed by atoms with Crippen molar-refractivity contribution >= 4 is 5.78 Å². The Hall–Kier alpha value is -1.26. The minimum absolute atomic E-state index is 0.0417. The van der Waals surface area contributed by atoms with Gasteiger partial charge in [-0.2, -0.15) is 0 Å². The molecule has 0 saturated carbocycles. The van der Waals surface area contributed by atoms with Crippen LogP contribution >= 0.6 is 0 Å². The number of Topliss-reactive ketones (excluding diaryl/α,β-unsaturated/α-hetero) is 1. The molecule has 1 atom stereocenters. The fourth-order valence-corrected chi connectivity index (χ4v) is 2.41. The van der Waals surface area contributed by atoms with E-state index >= 15 is 0 Å². The molecule has 1 aliphatic heterocycles. The minimum atomic E-state index is -0.0417. The van der Waals surface area contributed by atoms with E-state index in [1.807, 2.05) is 6.07 Å². The van der Waals surface area contributed by atoms with Gasteiger partial charge in [0.1, 0.15) is 12.3 Å². The molecule has 0 unspecified atom stereocenters. The Morgan fingerprint density at radius 1 is 1.47 bits per heavy atom. The third kappa shape index (κ3) is 5.09. The van der Waals surface area contributed by atoms with E-state index < -0.39 is 0 Å². The maximum Gasteiger partial charge on any atom is 0.206 e. The SMILES string of the molecule is O=C(COCCC[C@H]1CCCNC1)c1ccccn1. The van der Waals surface area contributed by atoms with Gasteiger partial charge < -0.3 is 10.1 Å². The molecule has 1 aromatic heterocycles. The predicted octanol–water partition coefficient (Wildman–Crippen LogP) is 2.06. The number of nitrogens with one attached hydrogen (secondary N) is 1. The molecule has 1 fully saturated rings. The number of ketones is 1. The molecule has 4 nitrogen and oxygen atoms in total. The summed E-state index contributed by atoms with van der Waals surface area (Å²) in [5.41, 5.74) is 0.485. The fraction of sp³-hybridized carbons (Fsp3) is 0.600. The van der Waals surface area contributed by atoms with Crippen LogP contribution in [0.5, 0.6) is 0 Å². The average Bonchev–Trinajstić information content (AvgIpc) is 2.49. The highest BCUT2D eigenvalue weighted by atomic mass is 16.5. The molecular formula is C15H22N2O2. The molecule has 104 valence electrons. The van der Waals surface area contributed by atoms with E-state index in [2.05, 4.69) is 10.3 Å². The third-order valence-electron chi connectivity index (χ3n) is 3.48. The Bertz CT molecular complexity index is 375. The van der Waals surface area contributed by atoms with Gasteiger partial charge in [0.15, 0.2) is 0 Å². The van der Waals surface area contributed by atoms with Crippen molar-refractivity contribution in [1.82, 2.24) is 10.3 Å². The molecule has 0 aliphatic carbocycles. The van der Waals surface area contributed by atoms with Crippen molar-refractivity contribution in [2.24, 2.45) is 5.92 Å². The zero-order valence-electron chi connectivity index (χ0n) is 11.3. The summed E-state index contributed by atoms with van der Waals surface area (Å²) in [6.07, 6.45) is 6.44. The van der Waals surface area contributed by atoms with Crippen molar-refractivity contribution in [3.05, 3.63) is 30.1 Å². The first kappa shape index (κ1) is 14.2. The Kier molecular flexibility index (Phi) is 5.98. The second-order valence-corrected chi connectivity index (χ2v) is 5.05. The number of carbonyl (C=O) groups is 1. The maximum absolute atomic E-state index is 11.7. The smallest absolute Gasteiger partial charge is 0.206 e. The van der Waals surface area contributed by atoms with Crippen molar-refractivity contribution in [2.45, 2.75) is 25.7 Å². The summed E-state index contributed by atoms with van der Waals surface area (Å²) in [6.45, 7) is 3.09. The lowest BCUT2D eigenvalue weighted by Gasteiger charge is -2.22. The van der Waals surface area contributed by atoms with Crippen LogP contribution in [0.2, 0.25) is 0 Å². The molecule has 0 amide bonds. The first-order valence-corrected chi connectivity index (χ1v) is 7.09. The van der Waals surface area contributed by atoms with Crippen molar-refractivity contribution in [1.29, 1.82) is 0 Å². The van der Waals surface area contributed by atoms with Gasteiger partial charge in [-0.3, -0.25) is 9.78 Å². The molecule has 0 aromatic carbocycles. The van der Waals surface area contributed by atoms with Crippen LogP contribution in [-0.2, 0) is 4.74 Å². The number of carbonyl (C=O) groups excluding carboxylic acids is 1. The summed E-state index contributed by atoms with van der Waals surface area (Å²) < 4.78 is 5.43. The van der Waals surface area contributed by atoms with Crippen LogP contribution in [0.3, 0.4) is 0 Å². The standard InChI is InChI=1S/C15H22N2O2/c18-15(14-7-1-2-9-17-14)12-19-10-4-6-13-5-3-8-16-11-13/h1-2,7,9,13,16H,3-6,8,10-12H2/t13-/m1/s1. The van der Waals surface area contributed by atoms with E-state index in [0.717, 1.165) is 25.4 Å². The number of nitrogens with zero attached hydrogens (tertiary/aromatic N) is 1. The summed E-state index contributed by atoms with van der Waals surface area (Å²) in [5.74, 6) is 0.740. The second-order valence-electron chi connectivity index (χ2n) is 5.05. The largest absolute Gasteiger partial charge is 0.373 e. The Morgan fingerprint density at radius 2 is 2.42 bits per heavy atom. The molecule has 2 rings (SSSR count). The Labute approximate surface area is 114 Å². The summed E-state index contributed by atoms with van der Waals surface area (Å²) in [7, 11) is 0. The Morgan fingerprint density at radius 3 is 3.16 bits per heavy atom. The van der Waals surface area contributed by atoms with Crippen molar-refractivity contribution in [3.63, 3.8) is 0 Å². The summed E-state index contributed by atoms with van der Waals surface area (Å²) >= 11 is 0. The molecule has 0 bridgehead atoms. The zero-order chi connectivity index (χ0) is 13.3. The topological polar surface area (TPSA) is 51.2 Å². The monoisotopic (exact) mass is 262 g/mol. The van der Waals surface area contributed by atoms with E-state index in [4.69, 9.17) is 4.74 Å². The molecule has 4 heteroatoms. The minimum Gasteiger partial charge on any atom is -0.373 e. The van der Waals surface area contributed by atoms with Crippen molar-refractivity contribution < 1.29 is 9.53 Å². The second kappa shape index (κ2) is 8.02. The van der Waals surface area contributed by atoms with Gasteiger partial charge in [0.2, 0.25) is 5.78 Å². The van der Waals surface area contributed by atoms with Gasteiger partial charge in [-0.05, 0) is 56.8 Å². The van der Waals surface area contributed by atoms with Gasteiger partial charge in [0, 0.05) is 12.8 Å². The molecule has 0 radical (unpaired) electrons. The normalized spacial score (nSPS) is 19.3. The molecule has 1 aromatic rings. The molecule has 19 heavy (non-hydrogen) atoms. The van der Waals surface area contributed by atoms with Gasteiger partial charge in [-0.1, -0.05) is 6.07 Å². The number of hydrogen-bond donors (Lipinski definition) is 1. The lowest BCUT2D eigenvalue weighted by Crippen LogP contribution is -2.29. The summed E-state index contributed by atoms with van der Waals surface area (Å²) in [6, 6.07) is 5.34. The number of aromatic nitrogens is 1. The molecule has 1 saturated heterocycles. The van der Waals surface area contributed by atoms with Gasteiger partial charge >= 0.3 is 0 Å². The average molecular weight is 262 g/mol. The van der Waals surface area contributed by atoms with Crippen LogP contribution in [0, 0.1) is 5.92 Å². The number of piperidine rings is 1. The zero-order valence-corrected chi connectivity index (χ0v) is 11.3. The van der Waals surface area contributed by atoms with Gasteiger partial charge in [0.25, 0.3) is 0 Å². The van der Waals surface area contributed by atoms with Gasteiger partial charge in [-0.25, -0.2) is 0 Å². The lowest BCUT2D eigenvalue weighted by atomic mass is 9.95. The number of rotatable bonds is 7. The van der Waals surface area contributed by atoms with E-state index in [0.29, 0.717) is 12.3 Å². The van der Waals surface area contributed by atoms with E-state index in [9.17, 15) is 4.79 Å². The van der Waals surface area contributed by atoms with Crippen LogP contribution in [0.4, 0.5) is 0 Å². The van der Waals surface area contributed by atoms with E-state index in [1.54, 1.807) is 18.3 Å². The maximum atomic E-state index is 11.7. The van der Waals surface area contributed by atoms with E-state index in [-0.39, 0.29) is 12.4 Å². The lowest BCUT2D eigenvalue weighted by molar-refractivity contribution is 0.0740. The van der Waals surface area contributed by atoms with E-state index in [1.165, 1.54) is 19.3 Å². The number of hydrogen-bond acceptors (Lipinski definition) is 4. The van der Waals surface area contributed by atoms with Crippen molar-refractivity contribution in [2.75, 3.05) is 26.3 Å². The molecule has 1 aliphatic rings. The van der Waals surface area contributed by atoms with Gasteiger partial charge in [0.05, 0.1) is 0 Å². The predicted molar refractivity (Wildman–Crippen MR) is 74.2 cm³/mol. The first-order chi connectivity index (χ1) is 9.36. The molecule has 1 N–H and O–H groups in total. The Balaban J connectivity index is 1.55. The van der Waals surface area contributed by atoms with Crippen LogP contribution < -0.4 is 5.32 Å². The molecule has 2 heterocycles. The van der Waals surface area contributed by atoms with Crippen LogP contribution in [0.25, 0.3) is 0 Å². The fourth-order valence-electron chi connectivity index (χ4n) is 2.41. The molecular weight excluding hydrogens is 240 g/mol. The first-order valence-electron chi connectivity index (χ1n) is 7.09. The summed E-state index contributed by atoms with van der Waals surface area (Å²) in [4.78, 5) is 15.7. The number of ether oxygens (including phenoxy) is 1. The van der Waals surface area contributed by atoms with Gasteiger partial charge in [-0.15, -0.1) is 0 Å². The summed E-state index contributed by atoms with van der Waals surface area (Å²) in [5, 5.41) is 3.41. The highest BCUT2D eigenvalue weighted by Crippen LogP contribution is 2.15. The highest BCUT2D eigenvalue weighted by molar-refractivity contribution is 5.95. The number of pyridine rings is 1. The van der Waals surface area contributed by atoms with Crippen LogP contribution in [-0.4, -0.2) is 37.1 Å². The van der Waals surface area contributed by atoms with Crippen LogP contribution in [0.1, 0.15) is 36.2 Å². The molecule has 0 spiro atoms. The van der Waals surface area contributed by atoms with Crippen LogP contribution in [0.15, 0.2) is 24.4 Å². The van der Waals surface area contributed by atoms with Crippen molar-refractivity contribution in [3.8, 4) is 0 Å².